The molecule has 0 spiro atoms. The van der Waals surface area contributed by atoms with Crippen LogP contribution in [-0.2, 0) is 11.3 Å². The smallest absolute Gasteiger partial charge is 0.336 e. The molecule has 4 aromatic rings. The minimum Gasteiger partial charge on any atom is -0.508 e. The van der Waals surface area contributed by atoms with Crippen molar-refractivity contribution in [2.45, 2.75) is 13.5 Å². The highest BCUT2D eigenvalue weighted by atomic mass is 16.4. The Balaban J connectivity index is 1.03. The zero-order valence-corrected chi connectivity index (χ0v) is 33.6. The van der Waals surface area contributed by atoms with Gasteiger partial charge in [0.05, 0.1) is 23.0 Å². The van der Waals surface area contributed by atoms with Gasteiger partial charge in [-0.3, -0.25) is 19.4 Å². The van der Waals surface area contributed by atoms with Crippen LogP contribution in [0.25, 0.3) is 66.8 Å². The number of benzene rings is 6. The minimum atomic E-state index is -1.26. The molecule has 0 radical (unpaired) electrons. The summed E-state index contributed by atoms with van der Waals surface area (Å²) in [5, 5.41) is 38.0. The van der Waals surface area contributed by atoms with Gasteiger partial charge in [0.2, 0.25) is 5.91 Å². The van der Waals surface area contributed by atoms with Crippen molar-refractivity contribution in [3.63, 3.8) is 0 Å². The zero-order chi connectivity index (χ0) is 43.8. The molecule has 0 saturated carbocycles. The Hall–Kier alpha value is -8.26. The Morgan fingerprint density at radius 2 is 1.27 bits per heavy atom. The van der Waals surface area contributed by atoms with E-state index in [-0.39, 0.29) is 45.8 Å². The third-order valence-electron chi connectivity index (χ3n) is 10.5. The van der Waals surface area contributed by atoms with E-state index < -0.39 is 30.3 Å². The van der Waals surface area contributed by atoms with Crippen molar-refractivity contribution in [1.82, 2.24) is 10.6 Å². The SMILES string of the molecule is CC/N=c1\ccc2c(-c3ccc(C(=O)NCC(=O)NCc4ccc(-c5c6ccc(=O)cc-6oc6cc(O)ccc56)c(C(=O)O)c4)cc3C(=O)O)c3ccc(N(C)C)cc3oc-2c1. The molecule has 14 nitrogen and oxygen atoms in total. The lowest BCUT2D eigenvalue weighted by atomic mass is 9.89. The first-order chi connectivity index (χ1) is 29.8. The number of fused-ring (bicyclic) bond motifs is 4. The average molecular weight is 831 g/mol. The van der Waals surface area contributed by atoms with E-state index in [1.54, 1.807) is 30.3 Å². The molecule has 2 amide bonds. The van der Waals surface area contributed by atoms with E-state index in [1.807, 2.05) is 62.3 Å². The molecule has 5 N–H and O–H groups in total. The van der Waals surface area contributed by atoms with Crippen LogP contribution in [0.1, 0.15) is 43.6 Å². The van der Waals surface area contributed by atoms with E-state index in [0.717, 1.165) is 5.69 Å². The summed E-state index contributed by atoms with van der Waals surface area (Å²) in [4.78, 5) is 70.4. The second-order valence-corrected chi connectivity index (χ2v) is 14.7. The molecule has 2 aliphatic carbocycles. The Bertz CT molecular complexity index is 3200. The number of hydrogen-bond acceptors (Lipinski definition) is 10. The van der Waals surface area contributed by atoms with Crippen LogP contribution in [0.3, 0.4) is 0 Å². The van der Waals surface area contributed by atoms with E-state index in [4.69, 9.17) is 8.83 Å². The highest BCUT2D eigenvalue weighted by Gasteiger charge is 2.25. The summed E-state index contributed by atoms with van der Waals surface area (Å²) in [6, 6.07) is 28.8. The molecular formula is C48H38N4O10. The average Bonchev–Trinajstić information content (AvgIpc) is 3.25. The first-order valence-electron chi connectivity index (χ1n) is 19.5. The van der Waals surface area contributed by atoms with Crippen molar-refractivity contribution in [3.8, 4) is 50.7 Å². The van der Waals surface area contributed by atoms with Gasteiger partial charge in [0, 0.05) is 95.7 Å². The first-order valence-corrected chi connectivity index (χ1v) is 19.5. The Kier molecular flexibility index (Phi) is 10.7. The number of phenolic OH excluding ortho intramolecular Hbond substituents is 1. The second kappa shape index (κ2) is 16.4. The maximum absolute atomic E-state index is 13.4. The molecule has 0 saturated heterocycles. The number of carboxylic acid groups (broad SMARTS) is 2. The molecule has 0 unspecified atom stereocenters. The molecule has 0 fully saturated rings. The van der Waals surface area contributed by atoms with Crippen molar-refractivity contribution in [3.05, 3.63) is 147 Å². The van der Waals surface area contributed by atoms with Crippen LogP contribution < -0.4 is 26.3 Å². The maximum atomic E-state index is 13.4. The second-order valence-electron chi connectivity index (χ2n) is 14.7. The van der Waals surface area contributed by atoms with Crippen LogP contribution in [0.5, 0.6) is 5.75 Å². The highest BCUT2D eigenvalue weighted by molar-refractivity contribution is 6.10. The number of carbonyl (C=O) groups is 4. The number of nitrogens with zero attached hydrogens (tertiary/aromatic N) is 2. The van der Waals surface area contributed by atoms with Crippen molar-refractivity contribution >= 4 is 51.4 Å². The lowest BCUT2D eigenvalue weighted by Gasteiger charge is -2.19. The van der Waals surface area contributed by atoms with Crippen molar-refractivity contribution in [2.24, 2.45) is 4.99 Å². The Morgan fingerprint density at radius 3 is 1.95 bits per heavy atom. The molecular weight excluding hydrogens is 793 g/mol. The van der Waals surface area contributed by atoms with Crippen LogP contribution in [0.15, 0.2) is 128 Å². The van der Waals surface area contributed by atoms with Crippen LogP contribution in [0.4, 0.5) is 5.69 Å². The lowest BCUT2D eigenvalue weighted by Crippen LogP contribution is -2.36. The first kappa shape index (κ1) is 40.5. The number of amides is 2. The Labute approximate surface area is 352 Å². The standard InChI is InChI=1S/C48H38N4O10/c1-4-49-27-7-13-33-39(19-27)61-40-20-28(52(2)3)8-14-34(40)45(33)32-12-6-26(18-38(32)48(59)60)46(56)51-24-43(55)50-23-25-5-11-31(37(17-25)47(57)58)44-35-15-9-29(53)21-41(35)62-42-22-30(54)10-16-36(42)44/h5-22,53H,4,23-24H2,1-3H3,(H,50,55)(H,51,56)(H,57,58)(H,59,60)/b49-27+. The lowest BCUT2D eigenvalue weighted by molar-refractivity contribution is -0.120. The van der Waals surface area contributed by atoms with E-state index >= 15 is 0 Å². The van der Waals surface area contributed by atoms with E-state index in [1.165, 1.54) is 42.5 Å². The molecule has 0 aromatic heterocycles. The molecule has 4 aliphatic rings. The summed E-state index contributed by atoms with van der Waals surface area (Å²) in [5.74, 6) is -3.13. The van der Waals surface area contributed by atoms with Gasteiger partial charge in [0.15, 0.2) is 5.43 Å². The predicted octanol–water partition coefficient (Wildman–Crippen LogP) is 7.22. The number of anilines is 1. The van der Waals surface area contributed by atoms with Gasteiger partial charge in [-0.2, -0.15) is 0 Å². The number of aromatic carboxylic acids is 2. The normalized spacial score (nSPS) is 11.6. The van der Waals surface area contributed by atoms with Crippen molar-refractivity contribution < 1.29 is 43.3 Å². The quantitative estimate of drug-likeness (QED) is 0.0822. The number of carbonyl (C=O) groups excluding carboxylic acids is 2. The van der Waals surface area contributed by atoms with Gasteiger partial charge < -0.3 is 39.7 Å². The molecule has 14 heteroatoms. The van der Waals surface area contributed by atoms with Gasteiger partial charge >= 0.3 is 11.9 Å². The molecule has 0 atom stereocenters. The summed E-state index contributed by atoms with van der Waals surface area (Å²) in [5.41, 5.74) is 4.51. The van der Waals surface area contributed by atoms with Gasteiger partial charge in [-0.15, -0.1) is 0 Å². The largest absolute Gasteiger partial charge is 0.508 e. The predicted molar refractivity (Wildman–Crippen MR) is 233 cm³/mol. The fourth-order valence-electron chi connectivity index (χ4n) is 7.57. The molecule has 2 heterocycles. The maximum Gasteiger partial charge on any atom is 0.336 e. The van der Waals surface area contributed by atoms with E-state index in [2.05, 4.69) is 15.6 Å². The van der Waals surface area contributed by atoms with Gasteiger partial charge in [0.1, 0.15) is 28.4 Å². The molecule has 310 valence electrons. The molecule has 2 aliphatic heterocycles. The van der Waals surface area contributed by atoms with Crippen LogP contribution in [-0.4, -0.2) is 66.3 Å². The third-order valence-corrected chi connectivity index (χ3v) is 10.5. The van der Waals surface area contributed by atoms with Crippen molar-refractivity contribution in [1.29, 1.82) is 0 Å². The molecule has 62 heavy (non-hydrogen) atoms. The third kappa shape index (κ3) is 7.79. The summed E-state index contributed by atoms with van der Waals surface area (Å²) < 4.78 is 12.2. The number of phenols is 1. The van der Waals surface area contributed by atoms with Gasteiger partial charge in [0.25, 0.3) is 5.91 Å². The topological polar surface area (TPSA) is 212 Å². The Morgan fingerprint density at radius 1 is 0.661 bits per heavy atom. The fourth-order valence-corrected chi connectivity index (χ4v) is 7.57. The number of nitrogens with one attached hydrogen (secondary N) is 2. The van der Waals surface area contributed by atoms with Gasteiger partial charge in [-0.25, -0.2) is 9.59 Å². The van der Waals surface area contributed by atoms with Gasteiger partial charge in [-0.1, -0.05) is 18.2 Å². The number of carboxylic acids is 2. The van der Waals surface area contributed by atoms with E-state index in [9.17, 15) is 39.3 Å². The summed E-state index contributed by atoms with van der Waals surface area (Å²) >= 11 is 0. The molecule has 8 rings (SSSR count). The minimum absolute atomic E-state index is 0.0178. The van der Waals surface area contributed by atoms with Crippen molar-refractivity contribution in [2.75, 3.05) is 32.1 Å². The molecule has 0 bridgehead atoms. The van der Waals surface area contributed by atoms with Crippen LogP contribution in [0.2, 0.25) is 0 Å². The molecule has 4 aromatic carbocycles. The summed E-state index contributed by atoms with van der Waals surface area (Å²) in [6.45, 7) is 1.95. The summed E-state index contributed by atoms with van der Waals surface area (Å²) in [6.07, 6.45) is 0. The van der Waals surface area contributed by atoms with Crippen LogP contribution >= 0.6 is 0 Å². The number of rotatable bonds is 11. The summed E-state index contributed by atoms with van der Waals surface area (Å²) in [7, 11) is 3.81. The number of hydrogen-bond donors (Lipinski definition) is 5. The highest BCUT2D eigenvalue weighted by Crippen LogP contribution is 2.44. The van der Waals surface area contributed by atoms with E-state index in [0.29, 0.717) is 73.0 Å². The zero-order valence-electron chi connectivity index (χ0n) is 33.6. The number of aromatic hydroxyl groups is 1. The fraction of sp³-hybridized carbons (Fsp3) is 0.125. The van der Waals surface area contributed by atoms with Crippen LogP contribution in [0, 0.1) is 0 Å². The van der Waals surface area contributed by atoms with Gasteiger partial charge in [-0.05, 0) is 90.3 Å². The monoisotopic (exact) mass is 830 g/mol.